The van der Waals surface area contributed by atoms with Crippen molar-refractivity contribution >= 4 is 29.9 Å². The van der Waals surface area contributed by atoms with Gasteiger partial charge in [0.15, 0.2) is 5.96 Å². The minimum absolute atomic E-state index is 0. The molecule has 0 amide bonds. The zero-order chi connectivity index (χ0) is 17.6. The SMILES string of the molecule is CN=C(NCC1CCCN(C)C1)N1CCN(Cc2cc(C)on2)CC1.I. The fraction of sp³-hybridized carbons (Fsp3) is 0.778. The van der Waals surface area contributed by atoms with E-state index in [1.165, 1.54) is 25.9 Å². The molecule has 1 N–H and O–H groups in total. The van der Waals surface area contributed by atoms with Gasteiger partial charge in [-0.15, -0.1) is 24.0 Å². The molecule has 0 aromatic carbocycles. The van der Waals surface area contributed by atoms with Crippen LogP contribution in [-0.4, -0.2) is 85.7 Å². The molecule has 1 aromatic heterocycles. The van der Waals surface area contributed by atoms with Crippen molar-refractivity contribution in [1.29, 1.82) is 0 Å². The zero-order valence-electron chi connectivity index (χ0n) is 16.3. The molecule has 0 saturated carbocycles. The number of rotatable bonds is 4. The number of aryl methyl sites for hydroxylation is 1. The molecule has 1 atom stereocenters. The first-order chi connectivity index (χ1) is 12.1. The lowest BCUT2D eigenvalue weighted by atomic mass is 9.98. The molecule has 2 aliphatic rings. The maximum absolute atomic E-state index is 5.16. The van der Waals surface area contributed by atoms with E-state index in [0.29, 0.717) is 0 Å². The quantitative estimate of drug-likeness (QED) is 0.405. The van der Waals surface area contributed by atoms with Gasteiger partial charge in [0.1, 0.15) is 5.76 Å². The van der Waals surface area contributed by atoms with Crippen LogP contribution in [0.1, 0.15) is 24.3 Å². The highest BCUT2D eigenvalue weighted by molar-refractivity contribution is 14.0. The third kappa shape index (κ3) is 6.09. The van der Waals surface area contributed by atoms with Crippen molar-refractivity contribution in [1.82, 2.24) is 25.2 Å². The number of nitrogens with one attached hydrogen (secondary N) is 1. The highest BCUT2D eigenvalue weighted by atomic mass is 127. The summed E-state index contributed by atoms with van der Waals surface area (Å²) in [5.41, 5.74) is 1.02. The van der Waals surface area contributed by atoms with Gasteiger partial charge in [0.25, 0.3) is 0 Å². The average molecular weight is 476 g/mol. The van der Waals surface area contributed by atoms with Crippen molar-refractivity contribution in [3.63, 3.8) is 0 Å². The fourth-order valence-corrected chi connectivity index (χ4v) is 3.85. The predicted molar refractivity (Wildman–Crippen MR) is 115 cm³/mol. The van der Waals surface area contributed by atoms with E-state index in [-0.39, 0.29) is 24.0 Å². The van der Waals surface area contributed by atoms with E-state index in [1.807, 2.05) is 20.0 Å². The summed E-state index contributed by atoms with van der Waals surface area (Å²) in [5, 5.41) is 7.70. The van der Waals surface area contributed by atoms with Gasteiger partial charge < -0.3 is 19.6 Å². The van der Waals surface area contributed by atoms with Gasteiger partial charge >= 0.3 is 0 Å². The molecule has 148 valence electrons. The van der Waals surface area contributed by atoms with Crippen LogP contribution in [0.2, 0.25) is 0 Å². The van der Waals surface area contributed by atoms with Crippen LogP contribution in [0.5, 0.6) is 0 Å². The van der Waals surface area contributed by atoms with Crippen molar-refractivity contribution in [3.05, 3.63) is 17.5 Å². The molecule has 0 bridgehead atoms. The molecule has 1 unspecified atom stereocenters. The lowest BCUT2D eigenvalue weighted by molar-refractivity contribution is 0.167. The second kappa shape index (κ2) is 10.5. The lowest BCUT2D eigenvalue weighted by Gasteiger charge is -2.37. The normalized spacial score (nSPS) is 23.0. The summed E-state index contributed by atoms with van der Waals surface area (Å²) in [6.07, 6.45) is 2.63. The van der Waals surface area contributed by atoms with Crippen molar-refractivity contribution in [2.45, 2.75) is 26.3 Å². The summed E-state index contributed by atoms with van der Waals surface area (Å²) in [5.74, 6) is 2.66. The molecule has 3 rings (SSSR count). The number of aliphatic imine (C=N–C) groups is 1. The van der Waals surface area contributed by atoms with Crippen LogP contribution in [0.25, 0.3) is 0 Å². The molecule has 0 aliphatic carbocycles. The first-order valence-corrected chi connectivity index (χ1v) is 9.42. The Balaban J connectivity index is 0.00000243. The second-order valence-corrected chi connectivity index (χ2v) is 7.39. The Morgan fingerprint density at radius 2 is 2.08 bits per heavy atom. The molecule has 26 heavy (non-hydrogen) atoms. The van der Waals surface area contributed by atoms with Crippen LogP contribution < -0.4 is 5.32 Å². The van der Waals surface area contributed by atoms with E-state index in [1.54, 1.807) is 0 Å². The maximum atomic E-state index is 5.16. The van der Waals surface area contributed by atoms with Gasteiger partial charge in [-0.2, -0.15) is 0 Å². The van der Waals surface area contributed by atoms with Crippen LogP contribution in [-0.2, 0) is 6.54 Å². The third-order valence-corrected chi connectivity index (χ3v) is 5.22. The molecular formula is C18H33IN6O. The van der Waals surface area contributed by atoms with Gasteiger partial charge in [0.2, 0.25) is 0 Å². The van der Waals surface area contributed by atoms with Gasteiger partial charge in [-0.3, -0.25) is 9.89 Å². The van der Waals surface area contributed by atoms with E-state index in [9.17, 15) is 0 Å². The van der Waals surface area contributed by atoms with E-state index >= 15 is 0 Å². The number of piperazine rings is 1. The Kier molecular flexibility index (Phi) is 8.62. The monoisotopic (exact) mass is 476 g/mol. The number of likely N-dealkylation sites (tertiary alicyclic amines) is 1. The lowest BCUT2D eigenvalue weighted by Crippen LogP contribution is -2.53. The molecule has 2 saturated heterocycles. The number of aromatic nitrogens is 1. The minimum atomic E-state index is 0. The summed E-state index contributed by atoms with van der Waals surface area (Å²) in [6.45, 7) is 10.3. The number of hydrogen-bond donors (Lipinski definition) is 1. The van der Waals surface area contributed by atoms with Gasteiger partial charge in [0, 0.05) is 58.9 Å². The number of halogens is 1. The van der Waals surface area contributed by atoms with Crippen LogP contribution in [0, 0.1) is 12.8 Å². The Bertz CT molecular complexity index is 570. The molecule has 1 aromatic rings. The van der Waals surface area contributed by atoms with Crippen molar-refractivity contribution in [2.24, 2.45) is 10.9 Å². The smallest absolute Gasteiger partial charge is 0.193 e. The highest BCUT2D eigenvalue weighted by Gasteiger charge is 2.22. The summed E-state index contributed by atoms with van der Waals surface area (Å²) >= 11 is 0. The Morgan fingerprint density at radius 3 is 2.69 bits per heavy atom. The molecule has 0 radical (unpaired) electrons. The van der Waals surface area contributed by atoms with E-state index < -0.39 is 0 Å². The number of hydrogen-bond acceptors (Lipinski definition) is 5. The Morgan fingerprint density at radius 1 is 1.31 bits per heavy atom. The molecule has 3 heterocycles. The van der Waals surface area contributed by atoms with Crippen LogP contribution in [0.3, 0.4) is 0 Å². The zero-order valence-corrected chi connectivity index (χ0v) is 18.6. The Hall–Kier alpha value is -0.870. The number of piperidine rings is 1. The highest BCUT2D eigenvalue weighted by Crippen LogP contribution is 2.14. The number of guanidine groups is 1. The predicted octanol–water partition coefficient (Wildman–Crippen LogP) is 1.64. The minimum Gasteiger partial charge on any atom is -0.361 e. The van der Waals surface area contributed by atoms with Gasteiger partial charge in [-0.1, -0.05) is 5.16 Å². The average Bonchev–Trinajstić information content (AvgIpc) is 3.02. The van der Waals surface area contributed by atoms with Crippen LogP contribution in [0.4, 0.5) is 0 Å². The summed E-state index contributed by atoms with van der Waals surface area (Å²) in [6, 6.07) is 2.02. The first-order valence-electron chi connectivity index (χ1n) is 9.42. The van der Waals surface area contributed by atoms with E-state index in [2.05, 4.69) is 37.2 Å². The maximum Gasteiger partial charge on any atom is 0.193 e. The summed E-state index contributed by atoms with van der Waals surface area (Å²) in [7, 11) is 4.11. The molecule has 2 fully saturated rings. The molecule has 7 nitrogen and oxygen atoms in total. The number of nitrogens with zero attached hydrogens (tertiary/aromatic N) is 5. The molecule has 8 heteroatoms. The van der Waals surface area contributed by atoms with Gasteiger partial charge in [0.05, 0.1) is 5.69 Å². The van der Waals surface area contributed by atoms with Crippen LogP contribution >= 0.6 is 24.0 Å². The van der Waals surface area contributed by atoms with Gasteiger partial charge in [-0.05, 0) is 39.3 Å². The Labute approximate surface area is 174 Å². The summed E-state index contributed by atoms with van der Waals surface area (Å²) in [4.78, 5) is 11.7. The fourth-order valence-electron chi connectivity index (χ4n) is 3.85. The van der Waals surface area contributed by atoms with Gasteiger partial charge in [-0.25, -0.2) is 0 Å². The standard InChI is InChI=1S/C18H32N6O.HI/c1-15-11-17(21-25-15)14-23-7-9-24(10-8-23)18(19-2)20-12-16-5-4-6-22(3)13-16;/h11,16H,4-10,12-14H2,1-3H3,(H,19,20);1H. The molecule has 0 spiro atoms. The van der Waals surface area contributed by atoms with E-state index in [4.69, 9.17) is 4.52 Å². The van der Waals surface area contributed by atoms with Crippen molar-refractivity contribution in [2.75, 3.05) is 59.9 Å². The van der Waals surface area contributed by atoms with E-state index in [0.717, 1.165) is 62.6 Å². The first kappa shape index (κ1) is 21.4. The second-order valence-electron chi connectivity index (χ2n) is 7.39. The topological polar surface area (TPSA) is 60.1 Å². The van der Waals surface area contributed by atoms with Crippen molar-refractivity contribution < 1.29 is 4.52 Å². The van der Waals surface area contributed by atoms with Crippen LogP contribution in [0.15, 0.2) is 15.6 Å². The summed E-state index contributed by atoms with van der Waals surface area (Å²) < 4.78 is 5.16. The largest absolute Gasteiger partial charge is 0.361 e. The van der Waals surface area contributed by atoms with Crippen molar-refractivity contribution in [3.8, 4) is 0 Å². The third-order valence-electron chi connectivity index (χ3n) is 5.22. The molecular weight excluding hydrogens is 443 g/mol. The molecule has 2 aliphatic heterocycles.